The summed E-state index contributed by atoms with van der Waals surface area (Å²) in [6.07, 6.45) is 43.0. The zero-order valence-corrected chi connectivity index (χ0v) is 36.5. The van der Waals surface area contributed by atoms with Crippen molar-refractivity contribution in [1.29, 1.82) is 0 Å². The van der Waals surface area contributed by atoms with Gasteiger partial charge in [-0.1, -0.05) is 131 Å². The van der Waals surface area contributed by atoms with Crippen molar-refractivity contribution in [2.45, 2.75) is 192 Å². The quantitative estimate of drug-likeness (QED) is 0.0273. The van der Waals surface area contributed by atoms with Crippen molar-refractivity contribution < 1.29 is 49.0 Å². The molecule has 0 aromatic heterocycles. The number of unbranched alkanes of at least 4 members (excludes halogenated alkanes) is 11. The molecule has 6 atom stereocenters. The SMILES string of the molecule is CCCCC/C=C/C/C=C/C/C=C/C/C=C/CCCCCC(=O)OC[C@@H](CO[C@H]1O[C@@H](CO)[C@@H](O)C(O)C1O)OC(=O)CCCC/C=C/C/C=C/C/C=C/CCCCC. The molecule has 0 aliphatic carbocycles. The molecule has 1 heterocycles. The summed E-state index contributed by atoms with van der Waals surface area (Å²) in [7, 11) is 0. The number of esters is 2. The van der Waals surface area contributed by atoms with Crippen molar-refractivity contribution in [3.8, 4) is 0 Å². The van der Waals surface area contributed by atoms with E-state index in [9.17, 15) is 30.0 Å². The number of carbonyl (C=O) groups excluding carboxylic acids is 2. The molecule has 0 spiro atoms. The van der Waals surface area contributed by atoms with E-state index in [0.717, 1.165) is 70.6 Å². The Morgan fingerprint density at radius 3 is 1.42 bits per heavy atom. The molecule has 0 aromatic rings. The van der Waals surface area contributed by atoms with Crippen LogP contribution in [0.3, 0.4) is 0 Å². The lowest BCUT2D eigenvalue weighted by molar-refractivity contribution is -0.305. The molecule has 0 saturated carbocycles. The molecule has 10 heteroatoms. The molecule has 0 radical (unpaired) electrons. The molecule has 1 fully saturated rings. The Balaban J connectivity index is 2.39. The lowest BCUT2D eigenvalue weighted by atomic mass is 9.99. The third-order valence-electron chi connectivity index (χ3n) is 9.75. The first-order valence-electron chi connectivity index (χ1n) is 22.7. The van der Waals surface area contributed by atoms with Crippen molar-refractivity contribution in [2.75, 3.05) is 19.8 Å². The van der Waals surface area contributed by atoms with Crippen molar-refractivity contribution in [1.82, 2.24) is 0 Å². The standard InChI is InChI=1S/C49H80O10/c1-3-5-7-9-11-13-15-17-19-20-21-22-24-25-27-29-31-33-35-37-44(51)56-40-42(41-57-49-48(55)47(54)46(53)43(39-50)59-49)58-45(52)38-36-34-32-30-28-26-23-18-16-14-12-10-8-6-4-2/h11-14,17-19,21-23,25,27-28,30,42-43,46-50,53-55H,3-10,15-16,20,24,26,29,31-41H2,1-2H3/b13-11+,14-12+,19-17+,22-21+,23-18+,27-25+,30-28+/t42-,43-,46+,47?,48?,49-/m0/s1. The normalized spacial score (nSPS) is 20.8. The van der Waals surface area contributed by atoms with Gasteiger partial charge in [0, 0.05) is 12.8 Å². The van der Waals surface area contributed by atoms with E-state index in [1.165, 1.54) is 44.9 Å². The molecule has 0 aromatic carbocycles. The highest BCUT2D eigenvalue weighted by Crippen LogP contribution is 2.22. The summed E-state index contributed by atoms with van der Waals surface area (Å²) in [6, 6.07) is 0. The van der Waals surface area contributed by atoms with Crippen molar-refractivity contribution in [3.63, 3.8) is 0 Å². The second-order valence-corrected chi connectivity index (χ2v) is 15.1. The van der Waals surface area contributed by atoms with Crippen LogP contribution in [0, 0.1) is 0 Å². The summed E-state index contributed by atoms with van der Waals surface area (Å²) < 4.78 is 22.1. The highest BCUT2D eigenvalue weighted by atomic mass is 16.7. The number of rotatable bonds is 36. The lowest BCUT2D eigenvalue weighted by Crippen LogP contribution is -2.59. The first-order valence-corrected chi connectivity index (χ1v) is 22.7. The van der Waals surface area contributed by atoms with Gasteiger partial charge in [0.25, 0.3) is 0 Å². The number of aliphatic hydroxyl groups excluding tert-OH is 4. The van der Waals surface area contributed by atoms with E-state index in [4.69, 9.17) is 18.9 Å². The van der Waals surface area contributed by atoms with Gasteiger partial charge in [-0.25, -0.2) is 0 Å². The monoisotopic (exact) mass is 829 g/mol. The summed E-state index contributed by atoms with van der Waals surface area (Å²) in [5.74, 6) is -0.896. The minimum atomic E-state index is -1.61. The van der Waals surface area contributed by atoms with Crippen LogP contribution in [0.15, 0.2) is 85.1 Å². The van der Waals surface area contributed by atoms with Crippen LogP contribution in [0.2, 0.25) is 0 Å². The third kappa shape index (κ3) is 30.5. The summed E-state index contributed by atoms with van der Waals surface area (Å²) in [5.41, 5.74) is 0. The van der Waals surface area contributed by atoms with E-state index in [-0.39, 0.29) is 26.1 Å². The van der Waals surface area contributed by atoms with Gasteiger partial charge in [0.15, 0.2) is 12.4 Å². The molecule has 0 amide bonds. The maximum absolute atomic E-state index is 12.7. The molecule has 1 aliphatic rings. The largest absolute Gasteiger partial charge is 0.462 e. The van der Waals surface area contributed by atoms with Crippen LogP contribution in [-0.4, -0.2) is 89.0 Å². The van der Waals surface area contributed by atoms with Gasteiger partial charge in [-0.05, 0) is 96.3 Å². The minimum Gasteiger partial charge on any atom is -0.462 e. The van der Waals surface area contributed by atoms with Crippen molar-refractivity contribution >= 4 is 11.9 Å². The Kier molecular flexibility index (Phi) is 35.7. The van der Waals surface area contributed by atoms with Gasteiger partial charge in [-0.15, -0.1) is 0 Å². The maximum Gasteiger partial charge on any atom is 0.306 e. The molecular weight excluding hydrogens is 749 g/mol. The van der Waals surface area contributed by atoms with E-state index in [0.29, 0.717) is 12.8 Å². The number of hydrogen-bond donors (Lipinski definition) is 4. The molecule has 10 nitrogen and oxygen atoms in total. The Morgan fingerprint density at radius 1 is 0.525 bits per heavy atom. The molecule has 1 aliphatic heterocycles. The van der Waals surface area contributed by atoms with Gasteiger partial charge >= 0.3 is 11.9 Å². The van der Waals surface area contributed by atoms with Crippen LogP contribution in [0.25, 0.3) is 0 Å². The van der Waals surface area contributed by atoms with Gasteiger partial charge in [-0.2, -0.15) is 0 Å². The first kappa shape index (κ1) is 53.9. The molecule has 336 valence electrons. The van der Waals surface area contributed by atoms with Crippen LogP contribution in [0.1, 0.15) is 155 Å². The zero-order chi connectivity index (χ0) is 43.0. The smallest absolute Gasteiger partial charge is 0.306 e. The van der Waals surface area contributed by atoms with Gasteiger partial charge in [0.2, 0.25) is 0 Å². The fourth-order valence-electron chi connectivity index (χ4n) is 6.12. The van der Waals surface area contributed by atoms with Gasteiger partial charge < -0.3 is 39.4 Å². The topological polar surface area (TPSA) is 152 Å². The average Bonchev–Trinajstić information content (AvgIpc) is 3.23. The summed E-state index contributed by atoms with van der Waals surface area (Å²) in [6.45, 7) is 3.27. The number of hydrogen-bond acceptors (Lipinski definition) is 10. The first-order chi connectivity index (χ1) is 28.8. The zero-order valence-electron chi connectivity index (χ0n) is 36.5. The number of aliphatic hydroxyl groups is 4. The fraction of sp³-hybridized carbons (Fsp3) is 0.673. The molecule has 59 heavy (non-hydrogen) atoms. The summed E-state index contributed by atoms with van der Waals surface area (Å²) in [4.78, 5) is 25.3. The van der Waals surface area contributed by atoms with Crippen LogP contribution in [-0.2, 0) is 28.5 Å². The van der Waals surface area contributed by atoms with E-state index in [1.54, 1.807) is 0 Å². The molecule has 0 bridgehead atoms. The summed E-state index contributed by atoms with van der Waals surface area (Å²) in [5, 5.41) is 40.1. The number of ether oxygens (including phenoxy) is 4. The fourth-order valence-corrected chi connectivity index (χ4v) is 6.12. The van der Waals surface area contributed by atoms with Crippen LogP contribution < -0.4 is 0 Å². The lowest BCUT2D eigenvalue weighted by Gasteiger charge is -2.39. The third-order valence-corrected chi connectivity index (χ3v) is 9.75. The van der Waals surface area contributed by atoms with Crippen molar-refractivity contribution in [2.24, 2.45) is 0 Å². The Morgan fingerprint density at radius 2 is 0.949 bits per heavy atom. The highest BCUT2D eigenvalue weighted by Gasteiger charge is 2.44. The highest BCUT2D eigenvalue weighted by molar-refractivity contribution is 5.70. The Hall–Kier alpha value is -3.12. The average molecular weight is 829 g/mol. The van der Waals surface area contributed by atoms with Crippen LogP contribution in [0.4, 0.5) is 0 Å². The second-order valence-electron chi connectivity index (χ2n) is 15.1. The molecule has 2 unspecified atom stereocenters. The Bertz CT molecular complexity index is 1230. The minimum absolute atomic E-state index is 0.169. The van der Waals surface area contributed by atoms with Gasteiger partial charge in [0.1, 0.15) is 31.0 Å². The molecule has 1 saturated heterocycles. The van der Waals surface area contributed by atoms with Crippen molar-refractivity contribution in [3.05, 3.63) is 85.1 Å². The second kappa shape index (κ2) is 39.0. The van der Waals surface area contributed by atoms with Crippen LogP contribution >= 0.6 is 0 Å². The number of carbonyl (C=O) groups is 2. The van der Waals surface area contributed by atoms with E-state index >= 15 is 0 Å². The van der Waals surface area contributed by atoms with Gasteiger partial charge in [0.05, 0.1) is 13.2 Å². The van der Waals surface area contributed by atoms with E-state index in [2.05, 4.69) is 98.9 Å². The Labute approximate surface area is 356 Å². The number of allylic oxidation sites excluding steroid dienone is 14. The predicted molar refractivity (Wildman–Crippen MR) is 237 cm³/mol. The molecule has 1 rings (SSSR count). The molecule has 4 N–H and O–H groups in total. The maximum atomic E-state index is 12.7. The van der Waals surface area contributed by atoms with E-state index in [1.807, 2.05) is 0 Å². The predicted octanol–water partition coefficient (Wildman–Crippen LogP) is 9.77. The van der Waals surface area contributed by atoms with Gasteiger partial charge in [-0.3, -0.25) is 9.59 Å². The molecular formula is C49H80O10. The van der Waals surface area contributed by atoms with E-state index < -0.39 is 55.4 Å². The van der Waals surface area contributed by atoms with Crippen LogP contribution in [0.5, 0.6) is 0 Å². The summed E-state index contributed by atoms with van der Waals surface area (Å²) >= 11 is 0.